The zero-order valence-corrected chi connectivity index (χ0v) is 18.9. The molecule has 1 fully saturated rings. The van der Waals surface area contributed by atoms with E-state index < -0.39 is 5.54 Å². The monoisotopic (exact) mass is 427 g/mol. The molecule has 2 aromatic rings. The summed E-state index contributed by atoms with van der Waals surface area (Å²) in [5.41, 5.74) is 0.549. The van der Waals surface area contributed by atoms with Crippen molar-refractivity contribution in [2.45, 2.75) is 58.2 Å². The van der Waals surface area contributed by atoms with Crippen molar-refractivity contribution in [2.75, 3.05) is 26.8 Å². The highest BCUT2D eigenvalue weighted by molar-refractivity contribution is 6.03. The molecule has 7 heteroatoms. The molecule has 1 N–H and O–H groups in total. The van der Waals surface area contributed by atoms with Crippen molar-refractivity contribution in [1.29, 1.82) is 0 Å². The summed E-state index contributed by atoms with van der Waals surface area (Å²) in [5.74, 6) is 0.934. The molecule has 1 aromatic heterocycles. The number of nitrogens with zero attached hydrogens (tertiary/aromatic N) is 2. The van der Waals surface area contributed by atoms with Gasteiger partial charge in [-0.3, -0.25) is 9.59 Å². The minimum Gasteiger partial charge on any atom is -0.497 e. The lowest BCUT2D eigenvalue weighted by Gasteiger charge is -2.44. The summed E-state index contributed by atoms with van der Waals surface area (Å²) in [5, 5.41) is 4.04. The van der Waals surface area contributed by atoms with Crippen LogP contribution in [0, 0.1) is 5.92 Å². The highest BCUT2D eigenvalue weighted by atomic mass is 16.5. The molecular weight excluding hydrogens is 394 g/mol. The van der Waals surface area contributed by atoms with Crippen LogP contribution >= 0.6 is 0 Å². The Morgan fingerprint density at radius 2 is 2.16 bits per heavy atom. The lowest BCUT2D eigenvalue weighted by molar-refractivity contribution is -0.133. The first kappa shape index (κ1) is 21.7. The second-order valence-electron chi connectivity index (χ2n) is 9.30. The Morgan fingerprint density at radius 1 is 1.35 bits per heavy atom. The third kappa shape index (κ3) is 4.03. The molecule has 31 heavy (non-hydrogen) atoms. The van der Waals surface area contributed by atoms with Crippen molar-refractivity contribution in [2.24, 2.45) is 5.92 Å². The summed E-state index contributed by atoms with van der Waals surface area (Å²) in [6.45, 7) is 8.32. The Kier molecular flexibility index (Phi) is 5.97. The van der Waals surface area contributed by atoms with Gasteiger partial charge in [0.1, 0.15) is 17.0 Å². The lowest BCUT2D eigenvalue weighted by Crippen LogP contribution is -2.64. The van der Waals surface area contributed by atoms with Crippen molar-refractivity contribution in [1.82, 2.24) is 14.8 Å². The number of benzene rings is 1. The minimum atomic E-state index is -0.980. The molecule has 0 saturated carbocycles. The molecule has 0 spiro atoms. The summed E-state index contributed by atoms with van der Waals surface area (Å²) in [7, 11) is 1.63. The maximum atomic E-state index is 13.6. The van der Waals surface area contributed by atoms with Gasteiger partial charge in [0, 0.05) is 31.1 Å². The van der Waals surface area contributed by atoms with Gasteiger partial charge in [0.05, 0.1) is 25.3 Å². The van der Waals surface area contributed by atoms with Crippen molar-refractivity contribution in [3.63, 3.8) is 0 Å². The third-order valence-corrected chi connectivity index (χ3v) is 6.57. The van der Waals surface area contributed by atoms with E-state index in [1.54, 1.807) is 12.0 Å². The van der Waals surface area contributed by atoms with E-state index >= 15 is 0 Å². The number of rotatable bonds is 7. The fourth-order valence-electron chi connectivity index (χ4n) is 4.60. The quantitative estimate of drug-likeness (QED) is 0.737. The Bertz CT molecular complexity index is 977. The van der Waals surface area contributed by atoms with Crippen LogP contribution in [0.15, 0.2) is 24.3 Å². The maximum Gasteiger partial charge on any atom is 0.271 e. The number of methoxy groups -OCH3 is 1. The van der Waals surface area contributed by atoms with E-state index in [-0.39, 0.29) is 17.9 Å². The number of hydrogen-bond acceptors (Lipinski definition) is 4. The molecule has 2 atom stereocenters. The number of carbonyl (C=O) groups excluding carboxylic acids is 2. The molecule has 0 radical (unpaired) electrons. The predicted octanol–water partition coefficient (Wildman–Crippen LogP) is 3.21. The van der Waals surface area contributed by atoms with E-state index in [2.05, 4.69) is 19.2 Å². The van der Waals surface area contributed by atoms with Gasteiger partial charge in [0.15, 0.2) is 0 Å². The molecule has 7 nitrogen and oxygen atoms in total. The van der Waals surface area contributed by atoms with E-state index in [4.69, 9.17) is 9.47 Å². The van der Waals surface area contributed by atoms with Crippen LogP contribution in [0.1, 0.15) is 50.5 Å². The SMILES string of the molecule is COc1ccc2cc3n(c2c1)C[C@](C)(C(=O)NC[C@H]1CCCO1)N(CCC(C)C)C3=O. The van der Waals surface area contributed by atoms with Gasteiger partial charge < -0.3 is 24.3 Å². The van der Waals surface area contributed by atoms with Crippen LogP contribution in [-0.2, 0) is 16.1 Å². The summed E-state index contributed by atoms with van der Waals surface area (Å²) >= 11 is 0. The van der Waals surface area contributed by atoms with E-state index in [1.165, 1.54) is 0 Å². The summed E-state index contributed by atoms with van der Waals surface area (Å²) < 4.78 is 13.0. The standard InChI is InChI=1S/C24H33N3O4/c1-16(2)9-10-27-22(28)21-12-17-7-8-18(30-4)13-20(17)26(21)15-24(27,3)23(29)25-14-19-6-5-11-31-19/h7-8,12-13,16,19H,5-6,9-11,14-15H2,1-4H3,(H,25,29)/t19-,24-/m1/s1. The van der Waals surface area contributed by atoms with E-state index in [0.717, 1.165) is 42.5 Å². The van der Waals surface area contributed by atoms with Gasteiger partial charge in [-0.2, -0.15) is 0 Å². The van der Waals surface area contributed by atoms with Gasteiger partial charge in [0.2, 0.25) is 5.91 Å². The fraction of sp³-hybridized carbons (Fsp3) is 0.583. The zero-order chi connectivity index (χ0) is 22.2. The number of aromatic nitrogens is 1. The summed E-state index contributed by atoms with van der Waals surface area (Å²) in [6, 6.07) is 7.70. The molecule has 0 bridgehead atoms. The molecule has 2 aliphatic rings. The van der Waals surface area contributed by atoms with Crippen LogP contribution in [0.5, 0.6) is 5.75 Å². The van der Waals surface area contributed by atoms with Gasteiger partial charge in [-0.1, -0.05) is 13.8 Å². The van der Waals surface area contributed by atoms with Crippen LogP contribution in [-0.4, -0.2) is 59.7 Å². The first-order chi connectivity index (χ1) is 14.8. The van der Waals surface area contributed by atoms with Crippen LogP contribution in [0.4, 0.5) is 0 Å². The zero-order valence-electron chi connectivity index (χ0n) is 18.9. The normalized spacial score (nSPS) is 23.5. The van der Waals surface area contributed by atoms with Crippen molar-refractivity contribution in [3.05, 3.63) is 30.0 Å². The van der Waals surface area contributed by atoms with Gasteiger partial charge in [-0.05, 0) is 50.3 Å². The van der Waals surface area contributed by atoms with Gasteiger partial charge in [0.25, 0.3) is 5.91 Å². The number of fused-ring (bicyclic) bond motifs is 3. The van der Waals surface area contributed by atoms with E-state index in [0.29, 0.717) is 31.2 Å². The Labute approximate surface area is 183 Å². The number of carbonyl (C=O) groups is 2. The minimum absolute atomic E-state index is 0.0585. The van der Waals surface area contributed by atoms with E-state index in [9.17, 15) is 9.59 Å². The second kappa shape index (κ2) is 8.54. The molecule has 0 unspecified atom stereocenters. The average Bonchev–Trinajstić information content (AvgIpc) is 3.39. The largest absolute Gasteiger partial charge is 0.497 e. The second-order valence-corrected chi connectivity index (χ2v) is 9.30. The molecule has 1 saturated heterocycles. The highest BCUT2D eigenvalue weighted by Gasteiger charge is 2.47. The number of nitrogens with one attached hydrogen (secondary N) is 1. The van der Waals surface area contributed by atoms with Gasteiger partial charge in [-0.15, -0.1) is 0 Å². The third-order valence-electron chi connectivity index (χ3n) is 6.57. The number of hydrogen-bond donors (Lipinski definition) is 1. The molecule has 0 aliphatic carbocycles. The smallest absolute Gasteiger partial charge is 0.271 e. The fourth-order valence-corrected chi connectivity index (χ4v) is 4.60. The number of amides is 2. The molecule has 3 heterocycles. The lowest BCUT2D eigenvalue weighted by atomic mass is 9.93. The van der Waals surface area contributed by atoms with Crippen molar-refractivity contribution < 1.29 is 19.1 Å². The molecule has 168 valence electrons. The molecular formula is C24H33N3O4. The molecule has 4 rings (SSSR count). The first-order valence-corrected chi connectivity index (χ1v) is 11.2. The number of ether oxygens (including phenoxy) is 2. The summed E-state index contributed by atoms with van der Waals surface area (Å²) in [4.78, 5) is 28.8. The van der Waals surface area contributed by atoms with Crippen LogP contribution in [0.2, 0.25) is 0 Å². The summed E-state index contributed by atoms with van der Waals surface area (Å²) in [6.07, 6.45) is 2.88. The Morgan fingerprint density at radius 3 is 2.84 bits per heavy atom. The molecule has 2 amide bonds. The Balaban J connectivity index is 1.69. The topological polar surface area (TPSA) is 72.8 Å². The van der Waals surface area contributed by atoms with Gasteiger partial charge >= 0.3 is 0 Å². The van der Waals surface area contributed by atoms with Crippen molar-refractivity contribution >= 4 is 22.7 Å². The van der Waals surface area contributed by atoms with Crippen LogP contribution in [0.25, 0.3) is 10.9 Å². The van der Waals surface area contributed by atoms with Crippen LogP contribution in [0.3, 0.4) is 0 Å². The Hall–Kier alpha value is -2.54. The van der Waals surface area contributed by atoms with Crippen LogP contribution < -0.4 is 10.1 Å². The molecule has 1 aromatic carbocycles. The maximum absolute atomic E-state index is 13.6. The average molecular weight is 428 g/mol. The predicted molar refractivity (Wildman–Crippen MR) is 119 cm³/mol. The first-order valence-electron chi connectivity index (χ1n) is 11.2. The highest BCUT2D eigenvalue weighted by Crippen LogP contribution is 2.34. The molecule has 2 aliphatic heterocycles. The van der Waals surface area contributed by atoms with Gasteiger partial charge in [-0.25, -0.2) is 0 Å². The van der Waals surface area contributed by atoms with Crippen molar-refractivity contribution in [3.8, 4) is 5.75 Å². The van der Waals surface area contributed by atoms with E-state index in [1.807, 2.05) is 35.8 Å².